The fraction of sp³-hybridized carbons (Fsp3) is 0.250. The second-order valence-electron chi connectivity index (χ2n) is 6.93. The molecule has 0 unspecified atom stereocenters. The maximum Gasteiger partial charge on any atom is 0.266 e. The lowest BCUT2D eigenvalue weighted by Crippen LogP contribution is -2.27. The summed E-state index contributed by atoms with van der Waals surface area (Å²) in [6, 6.07) is 11.4. The molecule has 8 heteroatoms. The molecule has 5 nitrogen and oxygen atoms in total. The zero-order chi connectivity index (χ0) is 23.1. The number of methoxy groups -OCH3 is 1. The van der Waals surface area contributed by atoms with Crippen molar-refractivity contribution < 1.29 is 19.0 Å². The summed E-state index contributed by atoms with van der Waals surface area (Å²) in [5, 5.41) is 0.400. The molecule has 0 bridgehead atoms. The normalized spacial score (nSPS) is 14.7. The Kier molecular flexibility index (Phi) is 8.61. The van der Waals surface area contributed by atoms with Gasteiger partial charge in [0.2, 0.25) is 0 Å². The quantitative estimate of drug-likeness (QED) is 0.179. The van der Waals surface area contributed by atoms with Gasteiger partial charge in [-0.3, -0.25) is 9.69 Å². The third-order valence-electron chi connectivity index (χ3n) is 4.62. The lowest BCUT2D eigenvalue weighted by molar-refractivity contribution is -0.121. The van der Waals surface area contributed by atoms with E-state index in [-0.39, 0.29) is 5.91 Å². The molecular weight excluding hydrogens is 466 g/mol. The molecule has 1 amide bonds. The third-order valence-corrected chi connectivity index (χ3v) is 6.28. The van der Waals surface area contributed by atoms with E-state index < -0.39 is 0 Å². The van der Waals surface area contributed by atoms with Crippen LogP contribution in [0, 0.1) is 6.92 Å². The highest BCUT2D eigenvalue weighted by atomic mass is 35.5. The average Bonchev–Trinajstić information content (AvgIpc) is 3.03. The molecule has 1 aliphatic rings. The number of hydrogen-bond donors (Lipinski definition) is 0. The molecule has 1 aliphatic heterocycles. The number of ether oxygens (including phenoxy) is 3. The molecule has 0 aliphatic carbocycles. The lowest BCUT2D eigenvalue weighted by Gasteiger charge is -2.14. The van der Waals surface area contributed by atoms with Crippen LogP contribution in [0.4, 0.5) is 0 Å². The number of nitrogens with zero attached hydrogens (tertiary/aromatic N) is 1. The average molecular weight is 490 g/mol. The fourth-order valence-electron chi connectivity index (χ4n) is 3.03. The minimum atomic E-state index is -0.149. The van der Waals surface area contributed by atoms with E-state index in [0.29, 0.717) is 51.9 Å². The van der Waals surface area contributed by atoms with Gasteiger partial charge >= 0.3 is 0 Å². The predicted octanol–water partition coefficient (Wildman–Crippen LogP) is 5.89. The Labute approximate surface area is 203 Å². The summed E-state index contributed by atoms with van der Waals surface area (Å²) in [4.78, 5) is 14.6. The van der Waals surface area contributed by atoms with Gasteiger partial charge in [0.15, 0.2) is 11.5 Å². The van der Waals surface area contributed by atoms with E-state index in [4.69, 9.17) is 38.0 Å². The van der Waals surface area contributed by atoms with Gasteiger partial charge in [0.05, 0.1) is 30.3 Å². The number of thiocarbonyl (C=S) groups is 1. The molecule has 3 rings (SSSR count). The van der Waals surface area contributed by atoms with Gasteiger partial charge in [0, 0.05) is 13.0 Å². The summed E-state index contributed by atoms with van der Waals surface area (Å²) in [6.45, 7) is 7.00. The molecule has 0 spiro atoms. The van der Waals surface area contributed by atoms with Gasteiger partial charge in [0.1, 0.15) is 10.1 Å². The molecule has 168 valence electrons. The maximum atomic E-state index is 12.5. The Balaban J connectivity index is 1.64. The molecule has 1 saturated heterocycles. The second-order valence-corrected chi connectivity index (χ2v) is 9.01. The molecule has 0 radical (unpaired) electrons. The molecule has 0 aromatic heterocycles. The van der Waals surface area contributed by atoms with Gasteiger partial charge in [-0.05, 0) is 42.3 Å². The summed E-state index contributed by atoms with van der Waals surface area (Å²) >= 11 is 13.0. The summed E-state index contributed by atoms with van der Waals surface area (Å²) in [5.41, 5.74) is 1.82. The fourth-order valence-corrected chi connectivity index (χ4v) is 4.58. The summed E-state index contributed by atoms with van der Waals surface area (Å²) < 4.78 is 17.6. The predicted molar refractivity (Wildman–Crippen MR) is 135 cm³/mol. The lowest BCUT2D eigenvalue weighted by atomic mass is 10.1. The van der Waals surface area contributed by atoms with Crippen molar-refractivity contribution in [2.24, 2.45) is 0 Å². The van der Waals surface area contributed by atoms with Crippen LogP contribution in [0.3, 0.4) is 0 Å². The first kappa shape index (κ1) is 24.2. The number of amides is 1. The van der Waals surface area contributed by atoms with E-state index in [0.717, 1.165) is 16.9 Å². The van der Waals surface area contributed by atoms with Crippen LogP contribution in [0.25, 0.3) is 6.08 Å². The highest BCUT2D eigenvalue weighted by Crippen LogP contribution is 2.39. The van der Waals surface area contributed by atoms with E-state index in [9.17, 15) is 4.79 Å². The first-order valence-electron chi connectivity index (χ1n) is 9.99. The third kappa shape index (κ3) is 5.85. The Bertz CT molecular complexity index is 1050. The van der Waals surface area contributed by atoms with Gasteiger partial charge < -0.3 is 14.2 Å². The zero-order valence-corrected chi connectivity index (χ0v) is 20.3. The van der Waals surface area contributed by atoms with Gasteiger partial charge in [-0.25, -0.2) is 0 Å². The Hall–Kier alpha value is -2.48. The number of benzene rings is 2. The van der Waals surface area contributed by atoms with Crippen LogP contribution in [0.1, 0.15) is 17.5 Å². The molecule has 2 aromatic carbocycles. The van der Waals surface area contributed by atoms with Gasteiger partial charge in [-0.1, -0.05) is 59.9 Å². The number of carbonyl (C=O) groups excluding carboxylic acids is 1. The van der Waals surface area contributed by atoms with Crippen LogP contribution in [-0.4, -0.2) is 42.0 Å². The van der Waals surface area contributed by atoms with Crippen molar-refractivity contribution in [1.29, 1.82) is 0 Å². The molecule has 0 atom stereocenters. The van der Waals surface area contributed by atoms with E-state index in [2.05, 4.69) is 6.58 Å². The number of rotatable bonds is 10. The first-order chi connectivity index (χ1) is 15.4. The van der Waals surface area contributed by atoms with E-state index in [1.54, 1.807) is 31.4 Å². The molecule has 0 saturated carbocycles. The monoisotopic (exact) mass is 489 g/mol. The number of carbonyl (C=O) groups is 1. The van der Waals surface area contributed by atoms with Crippen molar-refractivity contribution in [1.82, 2.24) is 4.90 Å². The largest absolute Gasteiger partial charge is 0.493 e. The first-order valence-corrected chi connectivity index (χ1v) is 11.6. The number of para-hydroxylation sites is 1. The molecular formula is C24H24ClNO4S2. The number of thioether (sulfide) groups is 1. The van der Waals surface area contributed by atoms with Crippen LogP contribution in [0.2, 0.25) is 5.02 Å². The van der Waals surface area contributed by atoms with Crippen LogP contribution < -0.4 is 14.2 Å². The minimum Gasteiger partial charge on any atom is -0.493 e. The van der Waals surface area contributed by atoms with Crippen molar-refractivity contribution in [3.05, 3.63) is 70.1 Å². The van der Waals surface area contributed by atoms with E-state index in [1.807, 2.05) is 31.2 Å². The van der Waals surface area contributed by atoms with E-state index >= 15 is 0 Å². The van der Waals surface area contributed by atoms with Gasteiger partial charge in [-0.2, -0.15) is 0 Å². The maximum absolute atomic E-state index is 12.5. The highest BCUT2D eigenvalue weighted by Gasteiger charge is 2.31. The van der Waals surface area contributed by atoms with Crippen LogP contribution in [0.5, 0.6) is 17.2 Å². The van der Waals surface area contributed by atoms with Crippen molar-refractivity contribution >= 4 is 51.9 Å². The van der Waals surface area contributed by atoms with Gasteiger partial charge in [0.25, 0.3) is 5.91 Å². The topological polar surface area (TPSA) is 48.0 Å². The molecule has 1 fully saturated rings. The molecule has 1 heterocycles. The highest BCUT2D eigenvalue weighted by molar-refractivity contribution is 8.26. The Morgan fingerprint density at radius 2 is 1.94 bits per heavy atom. The Morgan fingerprint density at radius 3 is 2.66 bits per heavy atom. The standard InChI is InChI=1S/C24H24ClNO4S2/c1-4-10-26-23(27)21(32-24(26)31)15-17-13-18(25)22(20(14-17)28-3)30-12-7-11-29-19-9-6-5-8-16(19)2/h4-6,8-9,13-15H,1,7,10-12H2,2-3H3. The number of halogens is 1. The van der Waals surface area contributed by atoms with Crippen molar-refractivity contribution in [2.45, 2.75) is 13.3 Å². The van der Waals surface area contributed by atoms with Crippen LogP contribution in [0.15, 0.2) is 54.0 Å². The Morgan fingerprint density at radius 1 is 1.19 bits per heavy atom. The van der Waals surface area contributed by atoms with Crippen LogP contribution >= 0.6 is 35.6 Å². The SMILES string of the molecule is C=CCN1C(=O)C(=Cc2cc(Cl)c(OCCCOc3ccccc3C)c(OC)c2)SC1=S. The zero-order valence-electron chi connectivity index (χ0n) is 17.9. The summed E-state index contributed by atoms with van der Waals surface area (Å²) in [6.07, 6.45) is 4.07. The smallest absolute Gasteiger partial charge is 0.266 e. The van der Waals surface area contributed by atoms with Crippen molar-refractivity contribution in [2.75, 3.05) is 26.9 Å². The van der Waals surface area contributed by atoms with Crippen LogP contribution in [-0.2, 0) is 4.79 Å². The summed E-state index contributed by atoms with van der Waals surface area (Å²) in [5.74, 6) is 1.67. The number of hydrogen-bond acceptors (Lipinski definition) is 6. The number of aryl methyl sites for hydroxylation is 1. The summed E-state index contributed by atoms with van der Waals surface area (Å²) in [7, 11) is 1.55. The molecule has 0 N–H and O–H groups in total. The molecule has 2 aromatic rings. The van der Waals surface area contributed by atoms with Gasteiger partial charge in [-0.15, -0.1) is 6.58 Å². The van der Waals surface area contributed by atoms with Crippen molar-refractivity contribution in [3.8, 4) is 17.2 Å². The van der Waals surface area contributed by atoms with E-state index in [1.165, 1.54) is 16.7 Å². The van der Waals surface area contributed by atoms with Crippen molar-refractivity contribution in [3.63, 3.8) is 0 Å². The minimum absolute atomic E-state index is 0.149. The molecule has 32 heavy (non-hydrogen) atoms. The second kappa shape index (κ2) is 11.4.